The number of halogens is 2. The molecule has 3 aromatic carbocycles. The Balaban J connectivity index is 1.63. The SMILES string of the molecule is O=C(Nc1ccc2cc[nH]c2c1)/C(=C\c1ccc(Br)cc1)NC(=O)c1ccccc1F. The molecule has 1 heterocycles. The van der Waals surface area contributed by atoms with Crippen molar-refractivity contribution in [2.24, 2.45) is 0 Å². The van der Waals surface area contributed by atoms with Crippen LogP contribution in [0.4, 0.5) is 10.1 Å². The van der Waals surface area contributed by atoms with Crippen LogP contribution in [0, 0.1) is 5.82 Å². The second-order valence-corrected chi connectivity index (χ2v) is 7.69. The first-order chi connectivity index (χ1) is 15.0. The van der Waals surface area contributed by atoms with Crippen LogP contribution >= 0.6 is 15.9 Å². The van der Waals surface area contributed by atoms with Crippen LogP contribution in [0.5, 0.6) is 0 Å². The number of carbonyl (C=O) groups is 2. The Morgan fingerprint density at radius 3 is 2.52 bits per heavy atom. The Morgan fingerprint density at radius 2 is 1.74 bits per heavy atom. The first-order valence-corrected chi connectivity index (χ1v) is 10.2. The van der Waals surface area contributed by atoms with Gasteiger partial charge in [0.25, 0.3) is 11.8 Å². The Hall–Kier alpha value is -3.71. The lowest BCUT2D eigenvalue weighted by Gasteiger charge is -2.12. The number of aromatic amines is 1. The van der Waals surface area contributed by atoms with E-state index in [4.69, 9.17) is 0 Å². The number of anilines is 1. The Bertz CT molecular complexity index is 1300. The zero-order valence-electron chi connectivity index (χ0n) is 16.2. The minimum atomic E-state index is -0.712. The average molecular weight is 478 g/mol. The molecule has 0 fully saturated rings. The molecule has 0 radical (unpaired) electrons. The molecule has 154 valence electrons. The highest BCUT2D eigenvalue weighted by Crippen LogP contribution is 2.19. The number of rotatable bonds is 5. The standard InChI is InChI=1S/C24H17BrFN3O2/c25-17-8-5-15(6-9-17)13-22(29-23(30)19-3-1-2-4-20(19)26)24(31)28-18-10-7-16-11-12-27-21(16)14-18/h1-14,27H,(H,28,31)(H,29,30)/b22-13+. The molecule has 0 saturated carbocycles. The van der Waals surface area contributed by atoms with Crippen molar-refractivity contribution in [2.45, 2.75) is 0 Å². The van der Waals surface area contributed by atoms with Gasteiger partial charge in [-0.2, -0.15) is 0 Å². The maximum atomic E-state index is 14.0. The van der Waals surface area contributed by atoms with Gasteiger partial charge in [-0.05, 0) is 59.5 Å². The maximum absolute atomic E-state index is 14.0. The lowest BCUT2D eigenvalue weighted by atomic mass is 10.1. The predicted molar refractivity (Wildman–Crippen MR) is 123 cm³/mol. The number of hydrogen-bond acceptors (Lipinski definition) is 2. The zero-order valence-corrected chi connectivity index (χ0v) is 17.7. The number of aromatic nitrogens is 1. The number of benzene rings is 3. The van der Waals surface area contributed by atoms with E-state index in [2.05, 4.69) is 31.5 Å². The summed E-state index contributed by atoms with van der Waals surface area (Å²) in [5.41, 5.74) is 1.96. The summed E-state index contributed by atoms with van der Waals surface area (Å²) < 4.78 is 14.9. The van der Waals surface area contributed by atoms with E-state index in [0.717, 1.165) is 15.4 Å². The smallest absolute Gasteiger partial charge is 0.272 e. The van der Waals surface area contributed by atoms with Crippen molar-refractivity contribution >= 4 is 50.4 Å². The van der Waals surface area contributed by atoms with Crippen molar-refractivity contribution in [1.82, 2.24) is 10.3 Å². The molecule has 0 unspecified atom stereocenters. The highest BCUT2D eigenvalue weighted by molar-refractivity contribution is 9.10. The van der Waals surface area contributed by atoms with Gasteiger partial charge in [0.1, 0.15) is 11.5 Å². The van der Waals surface area contributed by atoms with Crippen LogP contribution in [0.15, 0.2) is 89.2 Å². The van der Waals surface area contributed by atoms with E-state index in [9.17, 15) is 14.0 Å². The number of hydrogen-bond donors (Lipinski definition) is 3. The summed E-state index contributed by atoms with van der Waals surface area (Å²) in [6.07, 6.45) is 3.34. The summed E-state index contributed by atoms with van der Waals surface area (Å²) in [5.74, 6) is -1.91. The summed E-state index contributed by atoms with van der Waals surface area (Å²) in [6.45, 7) is 0. The Labute approximate surface area is 186 Å². The Morgan fingerprint density at radius 1 is 0.968 bits per heavy atom. The molecule has 3 N–H and O–H groups in total. The third-order valence-corrected chi connectivity index (χ3v) is 5.13. The van der Waals surface area contributed by atoms with E-state index in [0.29, 0.717) is 11.3 Å². The lowest BCUT2D eigenvalue weighted by molar-refractivity contribution is -0.113. The van der Waals surface area contributed by atoms with Crippen LogP contribution in [-0.4, -0.2) is 16.8 Å². The third-order valence-electron chi connectivity index (χ3n) is 4.61. The minimum Gasteiger partial charge on any atom is -0.361 e. The fraction of sp³-hybridized carbons (Fsp3) is 0. The highest BCUT2D eigenvalue weighted by atomic mass is 79.9. The first kappa shape index (κ1) is 20.6. The molecule has 4 rings (SSSR count). The molecule has 0 atom stereocenters. The zero-order chi connectivity index (χ0) is 21.8. The maximum Gasteiger partial charge on any atom is 0.272 e. The van der Waals surface area contributed by atoms with Crippen LogP contribution in [0.1, 0.15) is 15.9 Å². The third kappa shape index (κ3) is 4.90. The number of fused-ring (bicyclic) bond motifs is 1. The van der Waals surface area contributed by atoms with E-state index in [1.165, 1.54) is 24.3 Å². The van der Waals surface area contributed by atoms with Crippen LogP contribution < -0.4 is 10.6 Å². The van der Waals surface area contributed by atoms with Gasteiger partial charge in [-0.15, -0.1) is 0 Å². The van der Waals surface area contributed by atoms with Crippen LogP contribution in [0.3, 0.4) is 0 Å². The monoisotopic (exact) mass is 477 g/mol. The minimum absolute atomic E-state index is 0.0119. The molecule has 7 heteroatoms. The molecule has 0 spiro atoms. The topological polar surface area (TPSA) is 74.0 Å². The molecular weight excluding hydrogens is 461 g/mol. The first-order valence-electron chi connectivity index (χ1n) is 9.41. The molecule has 1 aromatic heterocycles. The van der Waals surface area contributed by atoms with Gasteiger partial charge in [-0.25, -0.2) is 4.39 Å². The van der Waals surface area contributed by atoms with Crippen molar-refractivity contribution in [2.75, 3.05) is 5.32 Å². The van der Waals surface area contributed by atoms with Gasteiger partial charge in [0.05, 0.1) is 5.56 Å². The van der Waals surface area contributed by atoms with Crippen molar-refractivity contribution < 1.29 is 14.0 Å². The predicted octanol–water partition coefficient (Wildman–Crippen LogP) is 5.48. The summed E-state index contributed by atoms with van der Waals surface area (Å²) in [5, 5.41) is 6.33. The highest BCUT2D eigenvalue weighted by Gasteiger charge is 2.17. The second-order valence-electron chi connectivity index (χ2n) is 6.78. The van der Waals surface area contributed by atoms with Crippen molar-refractivity contribution in [1.29, 1.82) is 0 Å². The quantitative estimate of drug-likeness (QED) is 0.333. The largest absolute Gasteiger partial charge is 0.361 e. The van der Waals surface area contributed by atoms with E-state index in [1.54, 1.807) is 30.3 Å². The molecule has 0 aliphatic carbocycles. The number of H-pyrrole nitrogens is 1. The molecule has 4 aromatic rings. The number of carbonyl (C=O) groups excluding carboxylic acids is 2. The van der Waals surface area contributed by atoms with Crippen molar-refractivity contribution in [3.8, 4) is 0 Å². The Kier molecular flexibility index (Phi) is 5.95. The van der Waals surface area contributed by atoms with E-state index in [-0.39, 0.29) is 11.3 Å². The van der Waals surface area contributed by atoms with Crippen LogP contribution in [0.25, 0.3) is 17.0 Å². The van der Waals surface area contributed by atoms with Gasteiger partial charge in [-0.1, -0.05) is 46.3 Å². The molecular formula is C24H17BrFN3O2. The van der Waals surface area contributed by atoms with Crippen LogP contribution in [-0.2, 0) is 4.79 Å². The van der Waals surface area contributed by atoms with Crippen molar-refractivity contribution in [3.63, 3.8) is 0 Å². The molecule has 5 nitrogen and oxygen atoms in total. The normalized spacial score (nSPS) is 11.4. The van der Waals surface area contributed by atoms with Crippen molar-refractivity contribution in [3.05, 3.63) is 106 Å². The molecule has 0 saturated heterocycles. The van der Waals surface area contributed by atoms with Gasteiger partial charge in [-0.3, -0.25) is 9.59 Å². The summed E-state index contributed by atoms with van der Waals surface area (Å²) in [7, 11) is 0. The van der Waals surface area contributed by atoms with Gasteiger partial charge in [0.15, 0.2) is 0 Å². The van der Waals surface area contributed by atoms with Gasteiger partial charge in [0, 0.05) is 21.9 Å². The fourth-order valence-electron chi connectivity index (χ4n) is 3.04. The van der Waals surface area contributed by atoms with Crippen LogP contribution in [0.2, 0.25) is 0 Å². The van der Waals surface area contributed by atoms with E-state index < -0.39 is 17.6 Å². The number of amides is 2. The second kappa shape index (κ2) is 8.97. The van der Waals surface area contributed by atoms with Gasteiger partial charge < -0.3 is 15.6 Å². The molecule has 0 aliphatic heterocycles. The average Bonchev–Trinajstić information content (AvgIpc) is 3.23. The van der Waals surface area contributed by atoms with Gasteiger partial charge >= 0.3 is 0 Å². The lowest BCUT2D eigenvalue weighted by Crippen LogP contribution is -2.31. The van der Waals surface area contributed by atoms with E-state index in [1.807, 2.05) is 30.5 Å². The number of nitrogens with one attached hydrogen (secondary N) is 3. The molecule has 0 aliphatic rings. The molecule has 2 amide bonds. The molecule has 31 heavy (non-hydrogen) atoms. The van der Waals surface area contributed by atoms with Gasteiger partial charge in [0.2, 0.25) is 0 Å². The summed E-state index contributed by atoms with van der Waals surface area (Å²) in [6, 6.07) is 20.2. The fourth-order valence-corrected chi connectivity index (χ4v) is 3.31. The summed E-state index contributed by atoms with van der Waals surface area (Å²) in [4.78, 5) is 28.7. The van der Waals surface area contributed by atoms with E-state index >= 15 is 0 Å². The summed E-state index contributed by atoms with van der Waals surface area (Å²) >= 11 is 3.37. The molecule has 0 bridgehead atoms.